The minimum Gasteiger partial charge on any atom is -0.341 e. The van der Waals surface area contributed by atoms with Gasteiger partial charge in [-0.3, -0.25) is 4.79 Å². The Morgan fingerprint density at radius 1 is 1.41 bits per heavy atom. The third-order valence-electron chi connectivity index (χ3n) is 4.31. The molecule has 1 aliphatic rings. The molecule has 1 fully saturated rings. The summed E-state index contributed by atoms with van der Waals surface area (Å²) in [4.78, 5) is 14.3. The predicted octanol–water partition coefficient (Wildman–Crippen LogP) is 2.27. The Kier molecular flexibility index (Phi) is 5.44. The first-order chi connectivity index (χ1) is 7.97. The van der Waals surface area contributed by atoms with Crippen LogP contribution < -0.4 is 5.32 Å². The summed E-state index contributed by atoms with van der Waals surface area (Å²) in [6.45, 7) is 9.66. The van der Waals surface area contributed by atoms with Crippen molar-refractivity contribution in [2.24, 2.45) is 11.8 Å². The topological polar surface area (TPSA) is 32.3 Å². The van der Waals surface area contributed by atoms with Crippen molar-refractivity contribution in [1.82, 2.24) is 10.2 Å². The van der Waals surface area contributed by atoms with Crippen LogP contribution >= 0.6 is 0 Å². The Morgan fingerprint density at radius 3 is 2.59 bits per heavy atom. The number of nitrogens with zero attached hydrogens (tertiary/aromatic N) is 1. The summed E-state index contributed by atoms with van der Waals surface area (Å²) in [6, 6.07) is 0.353. The molecular formula is C14H28N2O. The Bertz CT molecular complexity index is 253. The van der Waals surface area contributed by atoms with E-state index in [1.165, 1.54) is 12.8 Å². The molecular weight excluding hydrogens is 212 g/mol. The maximum atomic E-state index is 12.4. The van der Waals surface area contributed by atoms with Gasteiger partial charge in [-0.2, -0.15) is 0 Å². The average molecular weight is 240 g/mol. The van der Waals surface area contributed by atoms with Crippen molar-refractivity contribution in [2.75, 3.05) is 13.6 Å². The molecule has 0 saturated carbocycles. The highest BCUT2D eigenvalue weighted by Crippen LogP contribution is 2.21. The summed E-state index contributed by atoms with van der Waals surface area (Å²) in [6.07, 6.45) is 3.41. The van der Waals surface area contributed by atoms with Gasteiger partial charge in [-0.05, 0) is 38.1 Å². The van der Waals surface area contributed by atoms with Gasteiger partial charge in [0.25, 0.3) is 0 Å². The first-order valence-corrected chi connectivity index (χ1v) is 6.97. The van der Waals surface area contributed by atoms with Gasteiger partial charge in [0.2, 0.25) is 5.91 Å². The first kappa shape index (κ1) is 14.5. The summed E-state index contributed by atoms with van der Waals surface area (Å²) < 4.78 is 0. The number of rotatable bonds is 4. The maximum Gasteiger partial charge on any atom is 0.239 e. The number of hydrogen-bond acceptors (Lipinski definition) is 2. The first-order valence-electron chi connectivity index (χ1n) is 6.97. The summed E-state index contributed by atoms with van der Waals surface area (Å²) in [7, 11) is 1.93. The molecule has 0 spiro atoms. The second kappa shape index (κ2) is 6.39. The number of hydrogen-bond donors (Lipinski definition) is 1. The molecule has 3 atom stereocenters. The van der Waals surface area contributed by atoms with Gasteiger partial charge >= 0.3 is 0 Å². The molecule has 0 aromatic heterocycles. The number of carbonyl (C=O) groups is 1. The molecule has 1 heterocycles. The van der Waals surface area contributed by atoms with Crippen molar-refractivity contribution >= 4 is 5.91 Å². The lowest BCUT2D eigenvalue weighted by molar-refractivity contribution is -0.135. The zero-order chi connectivity index (χ0) is 13.0. The lowest BCUT2D eigenvalue weighted by Crippen LogP contribution is -2.52. The third-order valence-corrected chi connectivity index (χ3v) is 4.31. The van der Waals surface area contributed by atoms with E-state index in [-0.39, 0.29) is 11.9 Å². The molecule has 1 N–H and O–H groups in total. The quantitative estimate of drug-likeness (QED) is 0.817. The molecule has 1 saturated heterocycles. The molecule has 1 rings (SSSR count). The van der Waals surface area contributed by atoms with Gasteiger partial charge in [0.1, 0.15) is 0 Å². The molecule has 3 heteroatoms. The normalized spacial score (nSPS) is 26.9. The van der Waals surface area contributed by atoms with E-state index in [2.05, 4.69) is 33.0 Å². The van der Waals surface area contributed by atoms with Gasteiger partial charge < -0.3 is 10.2 Å². The van der Waals surface area contributed by atoms with Gasteiger partial charge in [-0.1, -0.05) is 27.2 Å². The van der Waals surface area contributed by atoms with Crippen LogP contribution in [-0.2, 0) is 4.79 Å². The van der Waals surface area contributed by atoms with Crippen LogP contribution in [0.25, 0.3) is 0 Å². The SMILES string of the molecule is CCC1CCNC(C(=O)N(C)C(C)C(C)C)C1. The third kappa shape index (κ3) is 3.70. The molecule has 0 aliphatic carbocycles. The van der Waals surface area contributed by atoms with Crippen LogP contribution in [0, 0.1) is 11.8 Å². The molecule has 0 aromatic carbocycles. The van der Waals surface area contributed by atoms with Crippen molar-refractivity contribution < 1.29 is 4.79 Å². The second-order valence-corrected chi connectivity index (χ2v) is 5.74. The molecule has 0 bridgehead atoms. The largest absolute Gasteiger partial charge is 0.341 e. The standard InChI is InChI=1S/C14H28N2O/c1-6-12-7-8-15-13(9-12)14(17)16(5)11(4)10(2)3/h10-13,15H,6-9H2,1-5H3. The zero-order valence-electron chi connectivity index (χ0n) is 12.0. The van der Waals surface area contributed by atoms with Crippen molar-refractivity contribution in [1.29, 1.82) is 0 Å². The summed E-state index contributed by atoms with van der Waals surface area (Å²) >= 11 is 0. The van der Waals surface area contributed by atoms with Crippen molar-refractivity contribution in [3.63, 3.8) is 0 Å². The fraction of sp³-hybridized carbons (Fsp3) is 0.929. The summed E-state index contributed by atoms with van der Waals surface area (Å²) in [5.41, 5.74) is 0. The van der Waals surface area contributed by atoms with E-state index < -0.39 is 0 Å². The molecule has 1 amide bonds. The van der Waals surface area contributed by atoms with Crippen molar-refractivity contribution in [3.8, 4) is 0 Å². The van der Waals surface area contributed by atoms with Crippen LogP contribution in [0.2, 0.25) is 0 Å². The molecule has 17 heavy (non-hydrogen) atoms. The van der Waals surface area contributed by atoms with Crippen LogP contribution in [0.1, 0.15) is 47.0 Å². The Hall–Kier alpha value is -0.570. The van der Waals surface area contributed by atoms with Gasteiger partial charge in [-0.25, -0.2) is 0 Å². The average Bonchev–Trinajstić information content (AvgIpc) is 2.36. The summed E-state index contributed by atoms with van der Waals surface area (Å²) in [5, 5.41) is 3.37. The monoisotopic (exact) mass is 240 g/mol. The van der Waals surface area contributed by atoms with E-state index in [9.17, 15) is 4.79 Å². The number of likely N-dealkylation sites (N-methyl/N-ethyl adjacent to an activating group) is 1. The van der Waals surface area contributed by atoms with Crippen LogP contribution in [0.5, 0.6) is 0 Å². The molecule has 0 aromatic rings. The van der Waals surface area contributed by atoms with Crippen LogP contribution in [0.4, 0.5) is 0 Å². The highest BCUT2D eigenvalue weighted by Gasteiger charge is 2.30. The van der Waals surface area contributed by atoms with Crippen LogP contribution in [-0.4, -0.2) is 36.5 Å². The molecule has 0 radical (unpaired) electrons. The van der Waals surface area contributed by atoms with Crippen LogP contribution in [0.15, 0.2) is 0 Å². The Labute approximate surface area is 106 Å². The second-order valence-electron chi connectivity index (χ2n) is 5.74. The minimum absolute atomic E-state index is 0.0416. The number of piperidine rings is 1. The molecule has 100 valence electrons. The Balaban J connectivity index is 2.56. The van der Waals surface area contributed by atoms with Gasteiger partial charge in [0, 0.05) is 13.1 Å². The zero-order valence-corrected chi connectivity index (χ0v) is 12.0. The van der Waals surface area contributed by atoms with E-state index >= 15 is 0 Å². The molecule has 3 nitrogen and oxygen atoms in total. The predicted molar refractivity (Wildman–Crippen MR) is 71.9 cm³/mol. The fourth-order valence-corrected chi connectivity index (χ4v) is 2.45. The van der Waals surface area contributed by atoms with Gasteiger partial charge in [-0.15, -0.1) is 0 Å². The lowest BCUT2D eigenvalue weighted by atomic mass is 9.89. The highest BCUT2D eigenvalue weighted by atomic mass is 16.2. The molecule has 1 aliphatic heterocycles. The van der Waals surface area contributed by atoms with Crippen molar-refractivity contribution in [2.45, 2.75) is 59.0 Å². The van der Waals surface area contributed by atoms with E-state index in [1.807, 2.05) is 11.9 Å². The smallest absolute Gasteiger partial charge is 0.239 e. The van der Waals surface area contributed by atoms with E-state index in [0.29, 0.717) is 17.9 Å². The van der Waals surface area contributed by atoms with Crippen molar-refractivity contribution in [3.05, 3.63) is 0 Å². The lowest BCUT2D eigenvalue weighted by Gasteiger charge is -2.35. The van der Waals surface area contributed by atoms with E-state index in [1.54, 1.807) is 0 Å². The van der Waals surface area contributed by atoms with Gasteiger partial charge in [0.15, 0.2) is 0 Å². The molecule has 3 unspecified atom stereocenters. The van der Waals surface area contributed by atoms with Gasteiger partial charge in [0.05, 0.1) is 6.04 Å². The van der Waals surface area contributed by atoms with E-state index in [0.717, 1.165) is 13.0 Å². The highest BCUT2D eigenvalue weighted by molar-refractivity contribution is 5.82. The fourth-order valence-electron chi connectivity index (χ4n) is 2.45. The summed E-state index contributed by atoms with van der Waals surface area (Å²) in [5.74, 6) is 1.49. The Morgan fingerprint density at radius 2 is 2.06 bits per heavy atom. The maximum absolute atomic E-state index is 12.4. The number of nitrogens with one attached hydrogen (secondary N) is 1. The van der Waals surface area contributed by atoms with Crippen LogP contribution in [0.3, 0.4) is 0 Å². The van der Waals surface area contributed by atoms with E-state index in [4.69, 9.17) is 0 Å². The number of amides is 1. The number of carbonyl (C=O) groups excluding carboxylic acids is 1. The minimum atomic E-state index is 0.0416.